The summed E-state index contributed by atoms with van der Waals surface area (Å²) in [5.41, 5.74) is 6.91. The maximum Gasteiger partial charge on any atom is 0.0595 e. The van der Waals surface area contributed by atoms with Gasteiger partial charge in [0.05, 0.1) is 16.1 Å². The Balaban J connectivity index is 2.39. The largest absolute Gasteiger partial charge is 0.393 e. The van der Waals surface area contributed by atoms with E-state index in [1.54, 1.807) is 0 Å². The summed E-state index contributed by atoms with van der Waals surface area (Å²) in [6.45, 7) is 2.68. The quantitative estimate of drug-likeness (QED) is 0.876. The molecule has 1 aliphatic rings. The zero-order valence-electron chi connectivity index (χ0n) is 10.5. The molecule has 1 aromatic rings. The first-order valence-corrected chi connectivity index (χ1v) is 7.06. The van der Waals surface area contributed by atoms with E-state index in [9.17, 15) is 5.11 Å². The molecule has 1 fully saturated rings. The van der Waals surface area contributed by atoms with Crippen LogP contribution in [-0.4, -0.2) is 17.8 Å². The van der Waals surface area contributed by atoms with Crippen molar-refractivity contribution in [1.29, 1.82) is 0 Å². The van der Waals surface area contributed by atoms with Crippen LogP contribution in [0.25, 0.3) is 0 Å². The van der Waals surface area contributed by atoms with Crippen molar-refractivity contribution in [2.75, 3.05) is 6.54 Å². The zero-order valence-corrected chi connectivity index (χ0v) is 12.0. The molecule has 0 heterocycles. The predicted octanol–water partition coefficient (Wildman–Crippen LogP) is 3.37. The van der Waals surface area contributed by atoms with Gasteiger partial charge in [0.25, 0.3) is 0 Å². The van der Waals surface area contributed by atoms with Crippen LogP contribution in [0.5, 0.6) is 0 Å². The molecule has 4 heteroatoms. The molecule has 0 aliphatic heterocycles. The molecule has 0 spiro atoms. The van der Waals surface area contributed by atoms with Crippen LogP contribution in [0.3, 0.4) is 0 Å². The molecule has 1 aliphatic carbocycles. The first-order chi connectivity index (χ1) is 8.47. The highest BCUT2D eigenvalue weighted by molar-refractivity contribution is 6.42. The predicted molar refractivity (Wildman–Crippen MR) is 76.2 cm³/mol. The lowest BCUT2D eigenvalue weighted by atomic mass is 9.65. The van der Waals surface area contributed by atoms with Gasteiger partial charge in [0.15, 0.2) is 0 Å². The molecule has 0 saturated heterocycles. The van der Waals surface area contributed by atoms with Crippen molar-refractivity contribution in [3.63, 3.8) is 0 Å². The smallest absolute Gasteiger partial charge is 0.0595 e. The van der Waals surface area contributed by atoms with Crippen molar-refractivity contribution in [1.82, 2.24) is 0 Å². The van der Waals surface area contributed by atoms with E-state index in [0.29, 0.717) is 28.9 Å². The van der Waals surface area contributed by atoms with Crippen LogP contribution in [-0.2, 0) is 5.41 Å². The van der Waals surface area contributed by atoms with E-state index in [0.717, 1.165) is 18.4 Å². The molecule has 100 valence electrons. The summed E-state index contributed by atoms with van der Waals surface area (Å²) in [4.78, 5) is 0. The van der Waals surface area contributed by atoms with Crippen molar-refractivity contribution in [3.8, 4) is 0 Å². The van der Waals surface area contributed by atoms with E-state index in [2.05, 4.69) is 6.92 Å². The van der Waals surface area contributed by atoms with Gasteiger partial charge in [-0.1, -0.05) is 36.2 Å². The standard InChI is InChI=1S/C14H19Cl2NO/c1-9-4-11(18)7-14(6-9,8-17)10-2-3-12(15)13(16)5-10/h2-3,5,9,11,18H,4,6-8,17H2,1H3. The summed E-state index contributed by atoms with van der Waals surface area (Å²) in [6.07, 6.45) is 2.25. The van der Waals surface area contributed by atoms with Crippen molar-refractivity contribution in [2.24, 2.45) is 11.7 Å². The fraction of sp³-hybridized carbons (Fsp3) is 0.571. The lowest BCUT2D eigenvalue weighted by molar-refractivity contribution is 0.0608. The van der Waals surface area contributed by atoms with Crippen LogP contribution < -0.4 is 5.73 Å². The Hall–Kier alpha value is -0.280. The minimum Gasteiger partial charge on any atom is -0.393 e. The van der Waals surface area contributed by atoms with Crippen molar-refractivity contribution in [3.05, 3.63) is 33.8 Å². The molecule has 18 heavy (non-hydrogen) atoms. The van der Waals surface area contributed by atoms with Gasteiger partial charge in [0, 0.05) is 12.0 Å². The minimum atomic E-state index is -0.285. The maximum absolute atomic E-state index is 10.0. The minimum absolute atomic E-state index is 0.175. The van der Waals surface area contributed by atoms with Crippen LogP contribution in [0.2, 0.25) is 10.0 Å². The second-order valence-electron chi connectivity index (χ2n) is 5.52. The number of rotatable bonds is 2. The third kappa shape index (κ3) is 2.67. The molecule has 0 bridgehead atoms. The highest BCUT2D eigenvalue weighted by atomic mass is 35.5. The second kappa shape index (κ2) is 5.38. The molecule has 3 atom stereocenters. The Kier molecular flexibility index (Phi) is 4.22. The number of nitrogens with two attached hydrogens (primary N) is 1. The summed E-state index contributed by atoms with van der Waals surface area (Å²) in [7, 11) is 0. The number of hydrogen-bond donors (Lipinski definition) is 2. The first-order valence-electron chi connectivity index (χ1n) is 6.30. The highest BCUT2D eigenvalue weighted by Crippen LogP contribution is 2.42. The van der Waals surface area contributed by atoms with E-state index in [1.807, 2.05) is 18.2 Å². The summed E-state index contributed by atoms with van der Waals surface area (Å²) in [6, 6.07) is 5.68. The molecule has 3 unspecified atom stereocenters. The van der Waals surface area contributed by atoms with Crippen LogP contribution >= 0.6 is 23.2 Å². The molecule has 0 radical (unpaired) electrons. The van der Waals surface area contributed by atoms with Crippen LogP contribution in [0, 0.1) is 5.92 Å². The van der Waals surface area contributed by atoms with Gasteiger partial charge in [-0.25, -0.2) is 0 Å². The first kappa shape index (κ1) is 14.1. The molecule has 0 amide bonds. The van der Waals surface area contributed by atoms with Gasteiger partial charge >= 0.3 is 0 Å². The number of aliphatic hydroxyl groups excluding tert-OH is 1. The van der Waals surface area contributed by atoms with Gasteiger partial charge < -0.3 is 10.8 Å². The third-order valence-corrected chi connectivity index (χ3v) is 4.70. The molecule has 2 rings (SSSR count). The van der Waals surface area contributed by atoms with E-state index < -0.39 is 0 Å². The van der Waals surface area contributed by atoms with Gasteiger partial charge in [-0.05, 0) is 42.9 Å². The average Bonchev–Trinajstić information content (AvgIpc) is 2.31. The molecular weight excluding hydrogens is 269 g/mol. The van der Waals surface area contributed by atoms with Gasteiger partial charge in [-0.2, -0.15) is 0 Å². The Bertz CT molecular complexity index is 426. The molecule has 1 aromatic carbocycles. The van der Waals surface area contributed by atoms with Crippen LogP contribution in [0.4, 0.5) is 0 Å². The van der Waals surface area contributed by atoms with E-state index >= 15 is 0 Å². The number of benzene rings is 1. The summed E-state index contributed by atoms with van der Waals surface area (Å²) < 4.78 is 0. The SMILES string of the molecule is CC1CC(O)CC(CN)(c2ccc(Cl)c(Cl)c2)C1. The summed E-state index contributed by atoms with van der Waals surface area (Å²) in [5.74, 6) is 0.465. The van der Waals surface area contributed by atoms with Crippen LogP contribution in [0.1, 0.15) is 31.7 Å². The van der Waals surface area contributed by atoms with Gasteiger partial charge in [-0.15, -0.1) is 0 Å². The molecule has 2 nitrogen and oxygen atoms in total. The topological polar surface area (TPSA) is 46.2 Å². The van der Waals surface area contributed by atoms with E-state index in [1.165, 1.54) is 0 Å². The zero-order chi connectivity index (χ0) is 13.3. The van der Waals surface area contributed by atoms with E-state index in [4.69, 9.17) is 28.9 Å². The van der Waals surface area contributed by atoms with Gasteiger partial charge in [-0.3, -0.25) is 0 Å². The Morgan fingerprint density at radius 1 is 1.33 bits per heavy atom. The van der Waals surface area contributed by atoms with Crippen molar-refractivity contribution >= 4 is 23.2 Å². The molecule has 3 N–H and O–H groups in total. The molecule has 1 saturated carbocycles. The van der Waals surface area contributed by atoms with Gasteiger partial charge in [0.1, 0.15) is 0 Å². The molecular formula is C14H19Cl2NO. The lowest BCUT2D eigenvalue weighted by Gasteiger charge is -2.42. The Morgan fingerprint density at radius 3 is 2.61 bits per heavy atom. The maximum atomic E-state index is 10.0. The van der Waals surface area contributed by atoms with Gasteiger partial charge in [0.2, 0.25) is 0 Å². The highest BCUT2D eigenvalue weighted by Gasteiger charge is 2.39. The fourth-order valence-corrected chi connectivity index (χ4v) is 3.48. The lowest BCUT2D eigenvalue weighted by Crippen LogP contribution is -2.44. The third-order valence-electron chi connectivity index (χ3n) is 3.96. The fourth-order valence-electron chi connectivity index (χ4n) is 3.18. The Morgan fingerprint density at radius 2 is 2.06 bits per heavy atom. The van der Waals surface area contributed by atoms with Crippen LogP contribution in [0.15, 0.2) is 18.2 Å². The monoisotopic (exact) mass is 287 g/mol. The normalized spacial score (nSPS) is 32.5. The number of halogens is 2. The average molecular weight is 288 g/mol. The van der Waals surface area contributed by atoms with Crippen molar-refractivity contribution < 1.29 is 5.11 Å². The number of hydrogen-bond acceptors (Lipinski definition) is 2. The summed E-state index contributed by atoms with van der Waals surface area (Å²) >= 11 is 12.0. The Labute approximate surface area is 118 Å². The second-order valence-corrected chi connectivity index (χ2v) is 6.33. The molecule has 0 aromatic heterocycles. The summed E-state index contributed by atoms with van der Waals surface area (Å²) in [5, 5.41) is 11.1. The van der Waals surface area contributed by atoms with Crippen molar-refractivity contribution in [2.45, 2.75) is 37.7 Å². The number of aliphatic hydroxyl groups is 1. The van der Waals surface area contributed by atoms with E-state index in [-0.39, 0.29) is 11.5 Å².